The normalized spacial score (nSPS) is 18.7. The van der Waals surface area contributed by atoms with Gasteiger partial charge in [0, 0.05) is 50.4 Å². The molecule has 2 aliphatic rings. The molecule has 2 aromatic rings. The van der Waals surface area contributed by atoms with Crippen LogP contribution in [-0.4, -0.2) is 63.4 Å². The van der Waals surface area contributed by atoms with E-state index >= 15 is 0 Å². The third-order valence-electron chi connectivity index (χ3n) is 5.12. The number of hydrogen-bond acceptors (Lipinski definition) is 5. The Bertz CT molecular complexity index is 753. The lowest BCUT2D eigenvalue weighted by molar-refractivity contribution is 0.0621. The molecule has 3 heterocycles. The van der Waals surface area contributed by atoms with E-state index in [1.807, 2.05) is 17.9 Å². The minimum atomic E-state index is -0.00570. The minimum Gasteiger partial charge on any atom is -0.360 e. The van der Waals surface area contributed by atoms with Gasteiger partial charge in [-0.25, -0.2) is 0 Å². The lowest BCUT2D eigenvalue weighted by atomic mass is 10.2. The molecule has 1 saturated carbocycles. The Hall–Kier alpha value is -2.15. The second-order valence-electron chi connectivity index (χ2n) is 7.17. The first-order valence-electron chi connectivity index (χ1n) is 9.09. The lowest BCUT2D eigenvalue weighted by Crippen LogP contribution is -2.49. The van der Waals surface area contributed by atoms with Crippen molar-refractivity contribution in [3.63, 3.8) is 0 Å². The highest BCUT2D eigenvalue weighted by Crippen LogP contribution is 2.40. The van der Waals surface area contributed by atoms with Crippen molar-refractivity contribution in [2.45, 2.75) is 39.2 Å². The van der Waals surface area contributed by atoms with Crippen molar-refractivity contribution >= 4 is 5.91 Å². The summed E-state index contributed by atoms with van der Waals surface area (Å²) in [5.74, 6) is 1.35. The molecule has 2 fully saturated rings. The van der Waals surface area contributed by atoms with E-state index in [-0.39, 0.29) is 5.91 Å². The van der Waals surface area contributed by atoms with Crippen molar-refractivity contribution in [2.24, 2.45) is 0 Å². The van der Waals surface area contributed by atoms with Crippen LogP contribution in [0.1, 0.15) is 46.4 Å². The lowest BCUT2D eigenvalue weighted by Gasteiger charge is -2.34. The fourth-order valence-corrected chi connectivity index (χ4v) is 3.42. The Kier molecular flexibility index (Phi) is 4.33. The number of rotatable bonds is 5. The predicted octanol–water partition coefficient (Wildman–Crippen LogP) is 1.82. The van der Waals surface area contributed by atoms with E-state index in [1.54, 1.807) is 0 Å². The molecule has 1 aliphatic heterocycles. The highest BCUT2D eigenvalue weighted by atomic mass is 16.5. The molecule has 7 nitrogen and oxygen atoms in total. The summed E-state index contributed by atoms with van der Waals surface area (Å²) in [5, 5.41) is 8.47. The SMILES string of the molecule is Cc1cc(C)n(CCN2CCN(C(=O)c3cc(C4CC4)on3)CC2)n1. The molecule has 0 aromatic carbocycles. The summed E-state index contributed by atoms with van der Waals surface area (Å²) >= 11 is 0. The monoisotopic (exact) mass is 343 g/mol. The maximum atomic E-state index is 12.6. The van der Waals surface area contributed by atoms with Crippen LogP contribution in [0.5, 0.6) is 0 Å². The first kappa shape index (κ1) is 16.3. The van der Waals surface area contributed by atoms with Gasteiger partial charge in [0.2, 0.25) is 0 Å². The number of hydrogen-bond donors (Lipinski definition) is 0. The van der Waals surface area contributed by atoms with Crippen molar-refractivity contribution in [2.75, 3.05) is 32.7 Å². The standard InChI is InChI=1S/C18H25N5O2/c1-13-11-14(2)23(19-13)10-7-21-5-8-22(9-6-21)18(24)16-12-17(25-20-16)15-3-4-15/h11-12,15H,3-10H2,1-2H3. The molecule has 4 rings (SSSR count). The van der Waals surface area contributed by atoms with Crippen LogP contribution in [0.2, 0.25) is 0 Å². The molecule has 0 bridgehead atoms. The number of piperazine rings is 1. The van der Waals surface area contributed by atoms with E-state index in [4.69, 9.17) is 4.52 Å². The zero-order valence-corrected chi connectivity index (χ0v) is 14.9. The molecular formula is C18H25N5O2. The van der Waals surface area contributed by atoms with Crippen LogP contribution < -0.4 is 0 Å². The molecule has 0 unspecified atom stereocenters. The number of aryl methyl sites for hydroxylation is 2. The van der Waals surface area contributed by atoms with Crippen LogP contribution in [0.15, 0.2) is 16.7 Å². The summed E-state index contributed by atoms with van der Waals surface area (Å²) in [4.78, 5) is 16.8. The van der Waals surface area contributed by atoms with Crippen LogP contribution in [-0.2, 0) is 6.54 Å². The molecule has 0 radical (unpaired) electrons. The van der Waals surface area contributed by atoms with E-state index in [1.165, 1.54) is 5.69 Å². The Morgan fingerprint density at radius 3 is 2.56 bits per heavy atom. The van der Waals surface area contributed by atoms with Crippen molar-refractivity contribution in [1.82, 2.24) is 24.7 Å². The smallest absolute Gasteiger partial charge is 0.276 e. The summed E-state index contributed by atoms with van der Waals surface area (Å²) in [6, 6.07) is 3.93. The predicted molar refractivity (Wildman–Crippen MR) is 92.5 cm³/mol. The van der Waals surface area contributed by atoms with E-state index in [0.29, 0.717) is 11.6 Å². The molecule has 25 heavy (non-hydrogen) atoms. The largest absolute Gasteiger partial charge is 0.360 e. The third kappa shape index (κ3) is 3.61. The number of carbonyl (C=O) groups is 1. The van der Waals surface area contributed by atoms with Gasteiger partial charge in [-0.3, -0.25) is 14.4 Å². The quantitative estimate of drug-likeness (QED) is 0.828. The Balaban J connectivity index is 1.27. The Morgan fingerprint density at radius 1 is 1.16 bits per heavy atom. The van der Waals surface area contributed by atoms with E-state index in [2.05, 4.69) is 32.8 Å². The Labute approximate surface area is 147 Å². The van der Waals surface area contributed by atoms with Crippen LogP contribution in [0, 0.1) is 13.8 Å². The second kappa shape index (κ2) is 6.63. The molecule has 134 valence electrons. The van der Waals surface area contributed by atoms with Gasteiger partial charge in [0.25, 0.3) is 5.91 Å². The number of nitrogens with zero attached hydrogens (tertiary/aromatic N) is 5. The van der Waals surface area contributed by atoms with Gasteiger partial charge in [-0.05, 0) is 32.8 Å². The fraction of sp³-hybridized carbons (Fsp3) is 0.611. The van der Waals surface area contributed by atoms with Crippen molar-refractivity contribution in [3.8, 4) is 0 Å². The summed E-state index contributed by atoms with van der Waals surface area (Å²) < 4.78 is 7.36. The van der Waals surface area contributed by atoms with Crippen molar-refractivity contribution < 1.29 is 9.32 Å². The zero-order valence-electron chi connectivity index (χ0n) is 14.9. The average molecular weight is 343 g/mol. The molecule has 7 heteroatoms. The molecule has 1 amide bonds. The first-order chi connectivity index (χ1) is 12.1. The molecule has 0 atom stereocenters. The van der Waals surface area contributed by atoms with Crippen LogP contribution in [0.25, 0.3) is 0 Å². The minimum absolute atomic E-state index is 0.00570. The van der Waals surface area contributed by atoms with Gasteiger partial charge in [-0.15, -0.1) is 0 Å². The highest BCUT2D eigenvalue weighted by molar-refractivity contribution is 5.92. The number of aromatic nitrogens is 3. The van der Waals surface area contributed by atoms with Gasteiger partial charge in [-0.2, -0.15) is 5.10 Å². The molecule has 0 spiro atoms. The molecule has 2 aromatic heterocycles. The van der Waals surface area contributed by atoms with Crippen LogP contribution >= 0.6 is 0 Å². The second-order valence-corrected chi connectivity index (χ2v) is 7.17. The summed E-state index contributed by atoms with van der Waals surface area (Å²) in [6.07, 6.45) is 2.30. The average Bonchev–Trinajstić information content (AvgIpc) is 3.25. The zero-order chi connectivity index (χ0) is 17.4. The van der Waals surface area contributed by atoms with Crippen molar-refractivity contribution in [3.05, 3.63) is 35.0 Å². The van der Waals surface area contributed by atoms with E-state index in [0.717, 1.165) is 63.6 Å². The van der Waals surface area contributed by atoms with E-state index < -0.39 is 0 Å². The maximum absolute atomic E-state index is 12.6. The van der Waals surface area contributed by atoms with Gasteiger partial charge in [0.05, 0.1) is 12.2 Å². The van der Waals surface area contributed by atoms with Gasteiger partial charge < -0.3 is 9.42 Å². The molecule has 0 N–H and O–H groups in total. The van der Waals surface area contributed by atoms with Gasteiger partial charge >= 0.3 is 0 Å². The third-order valence-corrected chi connectivity index (χ3v) is 5.12. The Morgan fingerprint density at radius 2 is 1.92 bits per heavy atom. The fourth-order valence-electron chi connectivity index (χ4n) is 3.42. The maximum Gasteiger partial charge on any atom is 0.276 e. The molecular weight excluding hydrogens is 318 g/mol. The van der Waals surface area contributed by atoms with Crippen LogP contribution in [0.4, 0.5) is 0 Å². The first-order valence-corrected chi connectivity index (χ1v) is 9.09. The number of carbonyl (C=O) groups excluding carboxylic acids is 1. The molecule has 1 saturated heterocycles. The molecule has 1 aliphatic carbocycles. The van der Waals surface area contributed by atoms with Gasteiger partial charge in [0.1, 0.15) is 5.76 Å². The van der Waals surface area contributed by atoms with Gasteiger partial charge in [0.15, 0.2) is 5.69 Å². The summed E-state index contributed by atoms with van der Waals surface area (Å²) in [5.41, 5.74) is 2.72. The number of amides is 1. The summed E-state index contributed by atoms with van der Waals surface area (Å²) in [7, 11) is 0. The highest BCUT2D eigenvalue weighted by Gasteiger charge is 2.30. The van der Waals surface area contributed by atoms with E-state index in [9.17, 15) is 4.79 Å². The topological polar surface area (TPSA) is 67.4 Å². The van der Waals surface area contributed by atoms with Gasteiger partial charge in [-0.1, -0.05) is 5.16 Å². The summed E-state index contributed by atoms with van der Waals surface area (Å²) in [6.45, 7) is 9.21. The van der Waals surface area contributed by atoms with Crippen molar-refractivity contribution in [1.29, 1.82) is 0 Å². The van der Waals surface area contributed by atoms with Crippen LogP contribution in [0.3, 0.4) is 0 Å².